The second kappa shape index (κ2) is 8.53. The molecule has 0 radical (unpaired) electrons. The number of rotatable bonds is 7. The predicted molar refractivity (Wildman–Crippen MR) is 46.7 cm³/mol. The van der Waals surface area contributed by atoms with E-state index in [1.165, 1.54) is 26.2 Å². The summed E-state index contributed by atoms with van der Waals surface area (Å²) >= 11 is 0. The Morgan fingerprint density at radius 2 is 2.00 bits per heavy atom. The first-order valence-electron chi connectivity index (χ1n) is 4.48. The van der Waals surface area contributed by atoms with Gasteiger partial charge in [-0.05, 0) is 6.42 Å². The van der Waals surface area contributed by atoms with Crippen molar-refractivity contribution in [2.24, 2.45) is 0 Å². The zero-order chi connectivity index (χ0) is 9.23. The van der Waals surface area contributed by atoms with Crippen LogP contribution in [-0.4, -0.2) is 19.4 Å². The quantitative estimate of drug-likeness (QED) is 0.337. The fourth-order valence-corrected chi connectivity index (χ4v) is 0.814. The minimum Gasteiger partial charge on any atom is -0.439 e. The van der Waals surface area contributed by atoms with Gasteiger partial charge in [-0.2, -0.15) is 0 Å². The van der Waals surface area contributed by atoms with Gasteiger partial charge in [0.1, 0.15) is 0 Å². The lowest BCUT2D eigenvalue weighted by molar-refractivity contribution is -0.153. The summed E-state index contributed by atoms with van der Waals surface area (Å²) in [6, 6.07) is 0. The Balaban J connectivity index is 2.86. The summed E-state index contributed by atoms with van der Waals surface area (Å²) in [6.07, 6.45) is 4.71. The summed E-state index contributed by atoms with van der Waals surface area (Å²) in [4.78, 5) is 10.3. The van der Waals surface area contributed by atoms with E-state index < -0.39 is 0 Å². The SMILES string of the molecule is CCCCCCOCOC(C)=O. The predicted octanol–water partition coefficient (Wildman–Crippen LogP) is 2.10. The third-order valence-corrected chi connectivity index (χ3v) is 1.49. The molecule has 0 fully saturated rings. The lowest BCUT2D eigenvalue weighted by Crippen LogP contribution is -2.05. The highest BCUT2D eigenvalue weighted by molar-refractivity contribution is 5.65. The molecule has 0 saturated carbocycles. The van der Waals surface area contributed by atoms with Crippen molar-refractivity contribution in [3.8, 4) is 0 Å². The van der Waals surface area contributed by atoms with E-state index >= 15 is 0 Å². The van der Waals surface area contributed by atoms with Gasteiger partial charge in [0.2, 0.25) is 0 Å². The summed E-state index contributed by atoms with van der Waals surface area (Å²) in [5.74, 6) is -0.288. The number of hydrogen-bond donors (Lipinski definition) is 0. The van der Waals surface area contributed by atoms with Gasteiger partial charge in [0.15, 0.2) is 6.79 Å². The molecule has 0 spiro atoms. The molecule has 3 heteroatoms. The van der Waals surface area contributed by atoms with Crippen molar-refractivity contribution >= 4 is 5.97 Å². The second-order valence-electron chi connectivity index (χ2n) is 2.72. The lowest BCUT2D eigenvalue weighted by Gasteiger charge is -2.03. The van der Waals surface area contributed by atoms with Crippen LogP contribution in [0.15, 0.2) is 0 Å². The van der Waals surface area contributed by atoms with Crippen LogP contribution in [0, 0.1) is 0 Å². The maximum absolute atomic E-state index is 10.3. The maximum Gasteiger partial charge on any atom is 0.304 e. The molecule has 0 amide bonds. The number of esters is 1. The third kappa shape index (κ3) is 9.43. The van der Waals surface area contributed by atoms with Crippen LogP contribution in [0.25, 0.3) is 0 Å². The summed E-state index contributed by atoms with van der Waals surface area (Å²) < 4.78 is 9.64. The van der Waals surface area contributed by atoms with Crippen molar-refractivity contribution in [2.45, 2.75) is 39.5 Å². The van der Waals surface area contributed by atoms with Gasteiger partial charge >= 0.3 is 5.97 Å². The molecule has 12 heavy (non-hydrogen) atoms. The van der Waals surface area contributed by atoms with Crippen LogP contribution in [0.2, 0.25) is 0 Å². The Morgan fingerprint density at radius 1 is 1.25 bits per heavy atom. The largest absolute Gasteiger partial charge is 0.439 e. The third-order valence-electron chi connectivity index (χ3n) is 1.49. The Hall–Kier alpha value is -0.570. The van der Waals surface area contributed by atoms with Gasteiger partial charge in [-0.15, -0.1) is 0 Å². The van der Waals surface area contributed by atoms with E-state index in [1.54, 1.807) is 0 Å². The van der Waals surface area contributed by atoms with Crippen LogP contribution >= 0.6 is 0 Å². The minimum absolute atomic E-state index is 0.0987. The normalized spacial score (nSPS) is 9.83. The Labute approximate surface area is 74.0 Å². The molecule has 0 heterocycles. The maximum atomic E-state index is 10.3. The number of carbonyl (C=O) groups excluding carboxylic acids is 1. The molecule has 0 aliphatic carbocycles. The molecule has 0 unspecified atom stereocenters. The zero-order valence-electron chi connectivity index (χ0n) is 7.97. The monoisotopic (exact) mass is 174 g/mol. The molecular weight excluding hydrogens is 156 g/mol. The van der Waals surface area contributed by atoms with E-state index in [2.05, 4.69) is 11.7 Å². The first-order chi connectivity index (χ1) is 5.77. The lowest BCUT2D eigenvalue weighted by atomic mass is 10.2. The van der Waals surface area contributed by atoms with Gasteiger partial charge in [0.05, 0.1) is 6.61 Å². The Morgan fingerprint density at radius 3 is 2.58 bits per heavy atom. The Kier molecular flexibility index (Phi) is 8.12. The molecular formula is C9H18O3. The Bertz CT molecular complexity index is 112. The highest BCUT2D eigenvalue weighted by Crippen LogP contribution is 1.98. The number of hydrogen-bond acceptors (Lipinski definition) is 3. The van der Waals surface area contributed by atoms with E-state index in [-0.39, 0.29) is 12.8 Å². The van der Waals surface area contributed by atoms with Crippen LogP contribution in [0.4, 0.5) is 0 Å². The molecule has 0 aromatic carbocycles. The van der Waals surface area contributed by atoms with Crippen LogP contribution in [0.3, 0.4) is 0 Å². The summed E-state index contributed by atoms with van der Waals surface area (Å²) in [5, 5.41) is 0. The van der Waals surface area contributed by atoms with Crippen LogP contribution < -0.4 is 0 Å². The van der Waals surface area contributed by atoms with Crippen molar-refractivity contribution in [3.63, 3.8) is 0 Å². The molecule has 0 N–H and O–H groups in total. The van der Waals surface area contributed by atoms with Gasteiger partial charge < -0.3 is 9.47 Å². The summed E-state index contributed by atoms with van der Waals surface area (Å²) in [5.41, 5.74) is 0. The van der Waals surface area contributed by atoms with E-state index in [0.29, 0.717) is 6.61 Å². The topological polar surface area (TPSA) is 35.5 Å². The first kappa shape index (κ1) is 11.4. The molecule has 0 atom stereocenters. The fourth-order valence-electron chi connectivity index (χ4n) is 0.814. The van der Waals surface area contributed by atoms with Crippen molar-refractivity contribution in [1.82, 2.24) is 0 Å². The number of carbonyl (C=O) groups is 1. The average Bonchev–Trinajstić information content (AvgIpc) is 2.02. The molecule has 0 aromatic rings. The van der Waals surface area contributed by atoms with Gasteiger partial charge in [-0.1, -0.05) is 26.2 Å². The van der Waals surface area contributed by atoms with E-state index in [9.17, 15) is 4.79 Å². The van der Waals surface area contributed by atoms with Crippen molar-refractivity contribution in [2.75, 3.05) is 13.4 Å². The van der Waals surface area contributed by atoms with Crippen LogP contribution in [0.1, 0.15) is 39.5 Å². The number of ether oxygens (including phenoxy) is 2. The smallest absolute Gasteiger partial charge is 0.304 e. The van der Waals surface area contributed by atoms with Gasteiger partial charge in [-0.25, -0.2) is 0 Å². The minimum atomic E-state index is -0.288. The molecule has 0 saturated heterocycles. The van der Waals surface area contributed by atoms with Gasteiger partial charge in [0.25, 0.3) is 0 Å². The first-order valence-corrected chi connectivity index (χ1v) is 4.48. The van der Waals surface area contributed by atoms with Crippen molar-refractivity contribution in [3.05, 3.63) is 0 Å². The van der Waals surface area contributed by atoms with Crippen LogP contribution in [-0.2, 0) is 14.3 Å². The number of unbranched alkanes of at least 4 members (excludes halogenated alkanes) is 3. The molecule has 72 valence electrons. The van der Waals surface area contributed by atoms with Crippen molar-refractivity contribution < 1.29 is 14.3 Å². The van der Waals surface area contributed by atoms with E-state index in [4.69, 9.17) is 4.74 Å². The van der Waals surface area contributed by atoms with E-state index in [0.717, 1.165) is 6.42 Å². The highest BCUT2D eigenvalue weighted by Gasteiger charge is 1.91. The highest BCUT2D eigenvalue weighted by atomic mass is 16.7. The van der Waals surface area contributed by atoms with E-state index in [1.807, 2.05) is 0 Å². The standard InChI is InChI=1S/C9H18O3/c1-3-4-5-6-7-11-8-12-9(2)10/h3-8H2,1-2H3. The molecule has 0 aliphatic heterocycles. The van der Waals surface area contributed by atoms with Crippen LogP contribution in [0.5, 0.6) is 0 Å². The molecule has 3 nitrogen and oxygen atoms in total. The summed E-state index contributed by atoms with van der Waals surface area (Å²) in [6.45, 7) is 4.33. The average molecular weight is 174 g/mol. The molecule has 0 aliphatic rings. The fraction of sp³-hybridized carbons (Fsp3) is 0.889. The molecule has 0 aromatic heterocycles. The zero-order valence-corrected chi connectivity index (χ0v) is 7.97. The summed E-state index contributed by atoms with van der Waals surface area (Å²) in [7, 11) is 0. The van der Waals surface area contributed by atoms with Gasteiger partial charge in [0, 0.05) is 6.92 Å². The van der Waals surface area contributed by atoms with Crippen molar-refractivity contribution in [1.29, 1.82) is 0 Å². The molecule has 0 rings (SSSR count). The second-order valence-corrected chi connectivity index (χ2v) is 2.72. The molecule has 0 bridgehead atoms. The van der Waals surface area contributed by atoms with Gasteiger partial charge in [-0.3, -0.25) is 4.79 Å².